The number of nitriles is 6. The lowest BCUT2D eigenvalue weighted by molar-refractivity contribution is 0.812. The van der Waals surface area contributed by atoms with Crippen LogP contribution in [0.3, 0.4) is 0 Å². The van der Waals surface area contributed by atoms with Gasteiger partial charge in [0.25, 0.3) is 0 Å². The average molecular weight is 365 g/mol. The van der Waals surface area contributed by atoms with Crippen molar-refractivity contribution in [2.45, 2.75) is 0 Å². The molecule has 0 saturated heterocycles. The fraction of sp³-hybridized carbons (Fsp3) is 0.200. The Kier molecular flexibility index (Phi) is 4.36. The molecule has 3 rings (SSSR count). The molecule has 0 aromatic carbocycles. The molecule has 3 aliphatic heterocycles. The molecule has 0 N–H and O–H groups in total. The number of aliphatic imine (C=N–C) groups is 6. The zero-order valence-electron chi connectivity index (χ0n) is 13.5. The molecular weight excluding hydrogens is 362 g/mol. The number of amidine groups is 3. The van der Waals surface area contributed by atoms with Gasteiger partial charge >= 0.3 is 0 Å². The topological polar surface area (TPSA) is 220 Å². The van der Waals surface area contributed by atoms with Crippen molar-refractivity contribution in [3.63, 3.8) is 0 Å². The summed E-state index contributed by atoms with van der Waals surface area (Å²) in [6, 6.07) is 10.3. The van der Waals surface area contributed by atoms with Crippen LogP contribution in [-0.4, -0.2) is 40.3 Å². The largest absolute Gasteiger partial charge is 0.243 e. The first kappa shape index (κ1) is 17.6. The summed E-state index contributed by atoms with van der Waals surface area (Å²) in [5.74, 6) is -5.15. The van der Waals surface area contributed by atoms with Crippen LogP contribution in [0.25, 0.3) is 0 Å². The zero-order valence-corrected chi connectivity index (χ0v) is 13.5. The van der Waals surface area contributed by atoms with Gasteiger partial charge in [0.15, 0.2) is 35.3 Å². The van der Waals surface area contributed by atoms with Crippen molar-refractivity contribution < 1.29 is 0 Å². The summed E-state index contributed by atoms with van der Waals surface area (Å²) in [6.07, 6.45) is 0. The van der Waals surface area contributed by atoms with Gasteiger partial charge in [-0.2, -0.15) is 61.5 Å². The second-order valence-corrected chi connectivity index (χ2v) is 5.05. The molecule has 0 bridgehead atoms. The number of hydrogen-bond donors (Lipinski definition) is 0. The number of nitrogens with zero attached hydrogens (tertiary/aromatic N) is 13. The highest BCUT2D eigenvalue weighted by atomic mass is 15.5. The number of rotatable bonds is 3. The van der Waals surface area contributed by atoms with Crippen molar-refractivity contribution in [3.8, 4) is 36.4 Å². The fourth-order valence-corrected chi connectivity index (χ4v) is 2.15. The summed E-state index contributed by atoms with van der Waals surface area (Å²) in [7, 11) is 0. The van der Waals surface area contributed by atoms with Gasteiger partial charge in [-0.3, -0.25) is 0 Å². The highest BCUT2D eigenvalue weighted by molar-refractivity contribution is 6.31. The Hall–Kier alpha value is -5.24. The maximum atomic E-state index is 9.10. The van der Waals surface area contributed by atoms with Crippen molar-refractivity contribution in [1.82, 2.24) is 4.90 Å². The predicted octanol–water partition coefficient (Wildman–Crippen LogP) is -0.417. The molecule has 128 valence electrons. The first-order chi connectivity index (χ1) is 13.6. The Bertz CT molecular complexity index is 1000. The first-order valence-corrected chi connectivity index (χ1v) is 7.29. The minimum atomic E-state index is -1.34. The van der Waals surface area contributed by atoms with E-state index in [2.05, 4.69) is 30.0 Å². The normalized spacial score (nSPS) is 16.4. The minimum absolute atomic E-state index is 0.150. The van der Waals surface area contributed by atoms with Gasteiger partial charge < -0.3 is 0 Å². The Morgan fingerprint density at radius 3 is 0.929 bits per heavy atom. The Morgan fingerprint density at radius 2 is 0.714 bits per heavy atom. The van der Waals surface area contributed by atoms with Crippen molar-refractivity contribution in [2.24, 2.45) is 47.7 Å². The zero-order chi connectivity index (χ0) is 20.3. The van der Waals surface area contributed by atoms with Gasteiger partial charge in [-0.05, 0) is 0 Å². The van der Waals surface area contributed by atoms with E-state index in [4.69, 9.17) is 31.6 Å². The molecule has 0 unspecified atom stereocenters. The predicted molar refractivity (Wildman–Crippen MR) is 90.6 cm³/mol. The molecular formula is C15H3N13. The van der Waals surface area contributed by atoms with Crippen LogP contribution in [-0.2, 0) is 0 Å². The van der Waals surface area contributed by atoms with Crippen LogP contribution in [0.15, 0.2) is 30.0 Å². The lowest BCUT2D eigenvalue weighted by atomic mass is 10.1. The molecule has 3 heterocycles. The lowest BCUT2D eigenvalue weighted by Crippen LogP contribution is -2.49. The highest BCUT2D eigenvalue weighted by Gasteiger charge is 2.38. The quantitative estimate of drug-likeness (QED) is 0.641. The summed E-state index contributed by atoms with van der Waals surface area (Å²) >= 11 is 0. The maximum absolute atomic E-state index is 9.10. The summed E-state index contributed by atoms with van der Waals surface area (Å²) in [6.45, 7) is 0. The molecule has 0 aromatic heterocycles. The molecule has 0 saturated carbocycles. The van der Waals surface area contributed by atoms with Crippen molar-refractivity contribution in [2.75, 3.05) is 0 Å². The third-order valence-corrected chi connectivity index (χ3v) is 3.44. The van der Waals surface area contributed by atoms with Crippen LogP contribution < -0.4 is 0 Å². The third kappa shape index (κ3) is 2.70. The second kappa shape index (κ2) is 6.94. The van der Waals surface area contributed by atoms with E-state index in [1.807, 2.05) is 0 Å². The maximum Gasteiger partial charge on any atom is 0.243 e. The van der Waals surface area contributed by atoms with E-state index in [1.165, 1.54) is 0 Å². The van der Waals surface area contributed by atoms with Gasteiger partial charge in [-0.1, -0.05) is 0 Å². The van der Waals surface area contributed by atoms with Crippen molar-refractivity contribution in [3.05, 3.63) is 0 Å². The van der Waals surface area contributed by atoms with Gasteiger partial charge in [-0.15, -0.1) is 0 Å². The van der Waals surface area contributed by atoms with E-state index in [0.29, 0.717) is 0 Å². The highest BCUT2D eigenvalue weighted by Crippen LogP contribution is 2.22. The summed E-state index contributed by atoms with van der Waals surface area (Å²) in [5.41, 5.74) is 0. The first-order valence-electron chi connectivity index (χ1n) is 7.29. The minimum Gasteiger partial charge on any atom is -0.213 e. The lowest BCUT2D eigenvalue weighted by Gasteiger charge is -2.30. The van der Waals surface area contributed by atoms with Crippen LogP contribution in [0.4, 0.5) is 0 Å². The van der Waals surface area contributed by atoms with Gasteiger partial charge in [0, 0.05) is 0 Å². The van der Waals surface area contributed by atoms with E-state index in [9.17, 15) is 0 Å². The number of hydrogen-bond acceptors (Lipinski definition) is 13. The number of guanidine groups is 3. The molecule has 13 nitrogen and oxygen atoms in total. The monoisotopic (exact) mass is 365 g/mol. The Labute approximate surface area is 156 Å². The summed E-state index contributed by atoms with van der Waals surface area (Å²) in [5, 5.41) is 54.6. The van der Waals surface area contributed by atoms with Crippen LogP contribution in [0.1, 0.15) is 0 Å². The molecule has 3 aliphatic rings. The third-order valence-electron chi connectivity index (χ3n) is 3.44. The smallest absolute Gasteiger partial charge is 0.213 e. The van der Waals surface area contributed by atoms with Gasteiger partial charge in [-0.25, -0.2) is 4.90 Å². The Balaban J connectivity index is 2.24. The second-order valence-electron chi connectivity index (χ2n) is 5.05. The summed E-state index contributed by atoms with van der Waals surface area (Å²) in [4.78, 5) is 25.3. The van der Waals surface area contributed by atoms with Crippen LogP contribution in [0, 0.1) is 85.7 Å². The molecule has 13 heteroatoms. The molecule has 0 aliphatic carbocycles. The van der Waals surface area contributed by atoms with Crippen LogP contribution >= 0.6 is 0 Å². The molecule has 0 amide bonds. The molecule has 0 fully saturated rings. The summed E-state index contributed by atoms with van der Waals surface area (Å²) < 4.78 is 0. The van der Waals surface area contributed by atoms with E-state index >= 15 is 0 Å². The Morgan fingerprint density at radius 1 is 0.464 bits per heavy atom. The van der Waals surface area contributed by atoms with Gasteiger partial charge in [0.1, 0.15) is 0 Å². The van der Waals surface area contributed by atoms with E-state index in [0.717, 1.165) is 4.90 Å². The van der Waals surface area contributed by atoms with Gasteiger partial charge in [0.05, 0.1) is 36.4 Å². The van der Waals surface area contributed by atoms with E-state index in [1.54, 1.807) is 36.4 Å². The average Bonchev–Trinajstić information content (AvgIpc) is 2.70. The molecule has 0 aromatic rings. The standard InChI is InChI=1S/C15H3N13/c16-1-7(2-17)10-22-13-24-11(8(3-18)4-19)26-15-27-12(9(5-20)6-21)25-14(23-10)28(13)15/h7-9H. The van der Waals surface area contributed by atoms with Crippen molar-refractivity contribution >= 4 is 35.4 Å². The molecule has 28 heavy (non-hydrogen) atoms. The van der Waals surface area contributed by atoms with Crippen LogP contribution in [0.2, 0.25) is 0 Å². The molecule has 0 spiro atoms. The molecule has 0 atom stereocenters. The SMILES string of the molecule is N#CC(C#N)C1=NC2=NC(C(C#N)C#N)=NC3=NC(C(C#N)C#N)=NC(=N1)N23. The molecule has 0 radical (unpaired) electrons. The van der Waals surface area contributed by atoms with Gasteiger partial charge in [0.2, 0.25) is 17.9 Å². The fourth-order valence-electron chi connectivity index (χ4n) is 2.15. The van der Waals surface area contributed by atoms with Crippen molar-refractivity contribution in [1.29, 1.82) is 31.6 Å². The van der Waals surface area contributed by atoms with Crippen LogP contribution in [0.5, 0.6) is 0 Å². The van der Waals surface area contributed by atoms with E-state index in [-0.39, 0.29) is 35.4 Å². The van der Waals surface area contributed by atoms with E-state index < -0.39 is 17.8 Å².